The van der Waals surface area contributed by atoms with Gasteiger partial charge in [0.25, 0.3) is 0 Å². The molecule has 0 unspecified atom stereocenters. The van der Waals surface area contributed by atoms with Crippen LogP contribution in [0.3, 0.4) is 0 Å². The Balaban J connectivity index is 0. The molecule has 0 amide bonds. The van der Waals surface area contributed by atoms with E-state index >= 15 is 0 Å². The molecule has 0 saturated heterocycles. The van der Waals surface area contributed by atoms with Crippen molar-refractivity contribution in [2.45, 2.75) is 0 Å². The Kier molecular flexibility index (Phi) is 10.3. The fourth-order valence-electron chi connectivity index (χ4n) is 0.745. The quantitative estimate of drug-likeness (QED) is 0.445. The number of carbonyl (C=O) groups excluding carboxylic acids is 1. The molecule has 0 saturated carbocycles. The number of nitrogens with zero attached hydrogens (tertiary/aromatic N) is 1. The summed E-state index contributed by atoms with van der Waals surface area (Å²) in [6, 6.07) is 5.86. The topological polar surface area (TPSA) is 78.2 Å². The van der Waals surface area contributed by atoms with Crippen LogP contribution in [0.4, 0.5) is 0 Å². The fraction of sp³-hybridized carbons (Fsp3) is 0. The Labute approximate surface area is 111 Å². The number of nitriles is 1. The third kappa shape index (κ3) is 6.92. The summed E-state index contributed by atoms with van der Waals surface area (Å²) in [5.41, 5.74) is 0.513. The van der Waals surface area contributed by atoms with Crippen molar-refractivity contribution >= 4 is 20.1 Å². The molecule has 1 N–H and O–H groups in total. The first kappa shape index (κ1) is 16.3. The average molecular weight is 210 g/mol. The van der Waals surface area contributed by atoms with Gasteiger partial charge in [-0.2, -0.15) is 0 Å². The zero-order chi connectivity index (χ0) is 11.0. The molecule has 0 aromatic heterocycles. The van der Waals surface area contributed by atoms with Gasteiger partial charge < -0.3 is 13.0 Å². The second-order valence-electron chi connectivity index (χ2n) is 2.18. The molecule has 1 aromatic carbocycles. The van der Waals surface area contributed by atoms with Crippen LogP contribution in [0.1, 0.15) is 20.7 Å². The van der Waals surface area contributed by atoms with Crippen molar-refractivity contribution < 1.29 is 44.3 Å². The number of aldehydes is 1. The summed E-state index contributed by atoms with van der Waals surface area (Å²) in [4.78, 5) is 20.5. The number of benzene rings is 1. The molecule has 0 aliphatic heterocycles. The van der Waals surface area contributed by atoms with Gasteiger partial charge in [-0.1, -0.05) is 12.1 Å². The van der Waals surface area contributed by atoms with Crippen LogP contribution in [0, 0.1) is 11.2 Å². The first-order valence-corrected chi connectivity index (χ1v) is 3.54. The predicted octanol–water partition coefficient (Wildman–Crippen LogP) is -2.16. The number of rotatable bonds is 2. The zero-order valence-corrected chi connectivity index (χ0v) is 10.2. The van der Waals surface area contributed by atoms with Crippen LogP contribution in [0.15, 0.2) is 24.3 Å². The Morgan fingerprint density at radius 3 is 2.47 bits per heavy atom. The third-order valence-corrected chi connectivity index (χ3v) is 1.27. The maximum atomic E-state index is 10.4. The molecule has 69 valence electrons. The van der Waals surface area contributed by atoms with Crippen molar-refractivity contribution in [3.8, 4) is 5.97 Å². The standard InChI is InChI=1S/C8H6O3.CBN.Na/c9-5-6-2-1-3-7(4-6)8(10)11;2-1-3;/h1-5H,(H,10,11);;/q;-1;+1. The summed E-state index contributed by atoms with van der Waals surface area (Å²) in [5, 5.41) is 15.6. The van der Waals surface area contributed by atoms with E-state index in [9.17, 15) is 9.59 Å². The molecule has 0 aliphatic carbocycles. The van der Waals surface area contributed by atoms with E-state index in [2.05, 4.69) is 7.85 Å². The Bertz CT molecular complexity index is 376. The third-order valence-electron chi connectivity index (χ3n) is 1.27. The second kappa shape index (κ2) is 9.47. The normalized spacial score (nSPS) is 7.20. The van der Waals surface area contributed by atoms with Crippen molar-refractivity contribution in [2.24, 2.45) is 0 Å². The van der Waals surface area contributed by atoms with Crippen molar-refractivity contribution in [1.29, 1.82) is 5.26 Å². The van der Waals surface area contributed by atoms with Crippen molar-refractivity contribution in [2.75, 3.05) is 0 Å². The molecule has 4 nitrogen and oxygen atoms in total. The molecule has 3 radical (unpaired) electrons. The molecule has 0 bridgehead atoms. The van der Waals surface area contributed by atoms with Gasteiger partial charge in [0, 0.05) is 5.56 Å². The van der Waals surface area contributed by atoms with Gasteiger partial charge in [0.05, 0.1) is 5.56 Å². The molecule has 0 aliphatic rings. The molecule has 0 fully saturated rings. The van der Waals surface area contributed by atoms with Crippen LogP contribution < -0.4 is 29.6 Å². The van der Waals surface area contributed by atoms with Crippen LogP contribution in [-0.4, -0.2) is 25.2 Å². The summed E-state index contributed by atoms with van der Waals surface area (Å²) >= 11 is 0. The fourth-order valence-corrected chi connectivity index (χ4v) is 0.745. The van der Waals surface area contributed by atoms with Crippen LogP contribution in [0.5, 0.6) is 0 Å². The molecular weight excluding hydrogens is 204 g/mol. The minimum atomic E-state index is -1.02. The van der Waals surface area contributed by atoms with Crippen LogP contribution in [0.2, 0.25) is 0 Å². The number of aromatic carboxylic acids is 1. The number of carboxylic acid groups (broad SMARTS) is 1. The van der Waals surface area contributed by atoms with E-state index in [1.807, 2.05) is 0 Å². The molecule has 1 aromatic rings. The molecule has 0 spiro atoms. The SMILES string of the molecule is O=Cc1cccc(C(=O)O)c1.[B-]C#N.[Na+]. The maximum absolute atomic E-state index is 10.4. The van der Waals surface area contributed by atoms with E-state index < -0.39 is 5.97 Å². The van der Waals surface area contributed by atoms with Crippen molar-refractivity contribution in [3.63, 3.8) is 0 Å². The smallest absolute Gasteiger partial charge is 0.478 e. The number of carboxylic acids is 1. The Morgan fingerprint density at radius 1 is 1.53 bits per heavy atom. The van der Waals surface area contributed by atoms with Gasteiger partial charge in [-0.3, -0.25) is 16.0 Å². The number of carbonyl (C=O) groups is 2. The molecule has 15 heavy (non-hydrogen) atoms. The molecule has 1 rings (SSSR count). The second-order valence-corrected chi connectivity index (χ2v) is 2.18. The summed E-state index contributed by atoms with van der Waals surface area (Å²) in [5.74, 6) is 0.230. The summed E-state index contributed by atoms with van der Waals surface area (Å²) in [6.45, 7) is 0. The van der Waals surface area contributed by atoms with Crippen LogP contribution >= 0.6 is 0 Å². The van der Waals surface area contributed by atoms with E-state index in [1.54, 1.807) is 6.07 Å². The van der Waals surface area contributed by atoms with Gasteiger partial charge in [0.1, 0.15) is 6.29 Å². The summed E-state index contributed by atoms with van der Waals surface area (Å²) < 4.78 is 0. The van der Waals surface area contributed by atoms with E-state index in [-0.39, 0.29) is 35.1 Å². The molecule has 0 heterocycles. The van der Waals surface area contributed by atoms with E-state index in [4.69, 9.17) is 10.4 Å². The average Bonchev–Trinajstić information content (AvgIpc) is 2.19. The van der Waals surface area contributed by atoms with Gasteiger partial charge in [-0.15, -0.1) is 0 Å². The monoisotopic (exact) mass is 210 g/mol. The zero-order valence-electron chi connectivity index (χ0n) is 8.18. The van der Waals surface area contributed by atoms with E-state index in [0.29, 0.717) is 11.8 Å². The first-order valence-electron chi connectivity index (χ1n) is 3.54. The predicted molar refractivity (Wildman–Crippen MR) is 50.2 cm³/mol. The largest absolute Gasteiger partial charge is 1.00 e. The number of hydrogen-bond donors (Lipinski definition) is 1. The van der Waals surface area contributed by atoms with Gasteiger partial charge in [0.15, 0.2) is 0 Å². The van der Waals surface area contributed by atoms with Crippen molar-refractivity contribution in [1.82, 2.24) is 0 Å². The maximum Gasteiger partial charge on any atom is 1.00 e. The van der Waals surface area contributed by atoms with Gasteiger partial charge >= 0.3 is 35.5 Å². The Hall–Kier alpha value is -1.09. The summed E-state index contributed by atoms with van der Waals surface area (Å²) in [7, 11) is 4.15. The minimum Gasteiger partial charge on any atom is -0.478 e. The van der Waals surface area contributed by atoms with Crippen LogP contribution in [-0.2, 0) is 0 Å². The number of hydrogen-bond acceptors (Lipinski definition) is 3. The van der Waals surface area contributed by atoms with Gasteiger partial charge in [-0.05, 0) is 12.1 Å². The summed E-state index contributed by atoms with van der Waals surface area (Å²) in [6.07, 6.45) is 0.617. The first-order chi connectivity index (χ1) is 6.65. The molecule has 0 atom stereocenters. The van der Waals surface area contributed by atoms with Gasteiger partial charge in [0.2, 0.25) is 0 Å². The Morgan fingerprint density at radius 2 is 2.07 bits per heavy atom. The van der Waals surface area contributed by atoms with E-state index in [0.717, 1.165) is 0 Å². The molecule has 6 heteroatoms. The molecular formula is C9H6BNNaO3. The van der Waals surface area contributed by atoms with Gasteiger partial charge in [-0.25, -0.2) is 4.79 Å². The van der Waals surface area contributed by atoms with Crippen LogP contribution in [0.25, 0.3) is 0 Å². The minimum absolute atomic E-state index is 0. The van der Waals surface area contributed by atoms with Crippen molar-refractivity contribution in [3.05, 3.63) is 35.4 Å². The van der Waals surface area contributed by atoms with E-state index in [1.165, 1.54) is 24.2 Å².